The maximum Gasteiger partial charge on any atom is 0.253 e. The highest BCUT2D eigenvalue weighted by atomic mass is 16.2. The third kappa shape index (κ3) is 3.91. The fourth-order valence-electron chi connectivity index (χ4n) is 4.59. The van der Waals surface area contributed by atoms with Crippen molar-refractivity contribution in [3.63, 3.8) is 0 Å². The molecule has 1 atom stereocenters. The van der Waals surface area contributed by atoms with Crippen molar-refractivity contribution < 1.29 is 14.4 Å². The summed E-state index contributed by atoms with van der Waals surface area (Å²) in [7, 11) is 0. The Hall–Kier alpha value is -2.37. The number of amides is 3. The van der Waals surface area contributed by atoms with E-state index < -0.39 is 0 Å². The quantitative estimate of drug-likeness (QED) is 0.805. The number of hydrogen-bond acceptors (Lipinski definition) is 3. The molecule has 150 valence electrons. The SMILES string of the molecule is O=C(c1ccc(CN2CC(=O)N3CCCC[C@H]3C2=O)cc1)N1CCCCCC1. The molecule has 0 unspecified atom stereocenters. The number of likely N-dealkylation sites (tertiary alicyclic amines) is 1. The van der Waals surface area contributed by atoms with Gasteiger partial charge in [0, 0.05) is 31.7 Å². The fraction of sp³-hybridized carbons (Fsp3) is 0.591. The van der Waals surface area contributed by atoms with Gasteiger partial charge in [0.05, 0.1) is 0 Å². The first-order valence-corrected chi connectivity index (χ1v) is 10.6. The van der Waals surface area contributed by atoms with E-state index in [-0.39, 0.29) is 30.3 Å². The molecule has 3 aliphatic rings. The Kier molecular flexibility index (Phi) is 5.64. The Morgan fingerprint density at radius 1 is 0.893 bits per heavy atom. The third-order valence-electron chi connectivity index (χ3n) is 6.21. The smallest absolute Gasteiger partial charge is 0.253 e. The van der Waals surface area contributed by atoms with Crippen LogP contribution < -0.4 is 0 Å². The first-order chi connectivity index (χ1) is 13.6. The number of benzene rings is 1. The molecule has 3 aliphatic heterocycles. The van der Waals surface area contributed by atoms with E-state index in [9.17, 15) is 14.4 Å². The van der Waals surface area contributed by atoms with E-state index >= 15 is 0 Å². The van der Waals surface area contributed by atoms with Gasteiger partial charge in [-0.25, -0.2) is 0 Å². The zero-order valence-electron chi connectivity index (χ0n) is 16.4. The Bertz CT molecular complexity index is 738. The van der Waals surface area contributed by atoms with Crippen molar-refractivity contribution >= 4 is 17.7 Å². The summed E-state index contributed by atoms with van der Waals surface area (Å²) in [6, 6.07) is 7.25. The zero-order valence-corrected chi connectivity index (χ0v) is 16.4. The largest absolute Gasteiger partial charge is 0.339 e. The predicted molar refractivity (Wildman–Crippen MR) is 106 cm³/mol. The average Bonchev–Trinajstić information content (AvgIpc) is 3.01. The molecule has 0 radical (unpaired) electrons. The maximum atomic E-state index is 12.8. The van der Waals surface area contributed by atoms with Crippen LogP contribution in [-0.2, 0) is 16.1 Å². The molecule has 6 nitrogen and oxygen atoms in total. The van der Waals surface area contributed by atoms with E-state index in [4.69, 9.17) is 0 Å². The lowest BCUT2D eigenvalue weighted by Crippen LogP contribution is -2.60. The molecule has 6 heteroatoms. The number of piperazine rings is 1. The van der Waals surface area contributed by atoms with E-state index in [0.717, 1.165) is 50.8 Å². The first kappa shape index (κ1) is 19.0. The highest BCUT2D eigenvalue weighted by Crippen LogP contribution is 2.24. The number of carbonyl (C=O) groups is 3. The highest BCUT2D eigenvalue weighted by Gasteiger charge is 2.40. The Labute approximate surface area is 166 Å². The van der Waals surface area contributed by atoms with Gasteiger partial charge in [0.1, 0.15) is 12.6 Å². The van der Waals surface area contributed by atoms with Gasteiger partial charge in [-0.15, -0.1) is 0 Å². The number of rotatable bonds is 3. The minimum Gasteiger partial charge on any atom is -0.339 e. The van der Waals surface area contributed by atoms with E-state index in [1.165, 1.54) is 12.8 Å². The summed E-state index contributed by atoms with van der Waals surface area (Å²) in [5, 5.41) is 0. The molecule has 0 N–H and O–H groups in total. The van der Waals surface area contributed by atoms with Crippen LogP contribution in [-0.4, -0.2) is 64.6 Å². The predicted octanol–water partition coefficient (Wildman–Crippen LogP) is 2.43. The second kappa shape index (κ2) is 8.33. The Morgan fingerprint density at radius 2 is 1.57 bits per heavy atom. The van der Waals surface area contributed by atoms with Crippen LogP contribution in [0, 0.1) is 0 Å². The van der Waals surface area contributed by atoms with Crippen molar-refractivity contribution in [2.75, 3.05) is 26.2 Å². The molecule has 0 bridgehead atoms. The van der Waals surface area contributed by atoms with E-state index in [1.54, 1.807) is 9.80 Å². The number of fused-ring (bicyclic) bond motifs is 1. The molecule has 3 heterocycles. The molecule has 4 rings (SSSR count). The normalized spacial score (nSPS) is 23.4. The van der Waals surface area contributed by atoms with Crippen LogP contribution in [0.1, 0.15) is 60.9 Å². The third-order valence-corrected chi connectivity index (χ3v) is 6.21. The summed E-state index contributed by atoms with van der Waals surface area (Å²) in [6.45, 7) is 2.96. The number of nitrogens with zero attached hydrogens (tertiary/aromatic N) is 3. The average molecular weight is 383 g/mol. The van der Waals surface area contributed by atoms with Crippen LogP contribution in [0.25, 0.3) is 0 Å². The first-order valence-electron chi connectivity index (χ1n) is 10.6. The van der Waals surface area contributed by atoms with Crippen LogP contribution >= 0.6 is 0 Å². The van der Waals surface area contributed by atoms with Crippen molar-refractivity contribution in [2.24, 2.45) is 0 Å². The molecule has 3 fully saturated rings. The highest BCUT2D eigenvalue weighted by molar-refractivity contribution is 5.95. The lowest BCUT2D eigenvalue weighted by Gasteiger charge is -2.42. The van der Waals surface area contributed by atoms with Crippen molar-refractivity contribution in [1.82, 2.24) is 14.7 Å². The Balaban J connectivity index is 1.41. The number of piperidine rings is 1. The topological polar surface area (TPSA) is 60.9 Å². The number of carbonyl (C=O) groups excluding carboxylic acids is 3. The van der Waals surface area contributed by atoms with E-state index in [2.05, 4.69) is 0 Å². The second-order valence-corrected chi connectivity index (χ2v) is 8.20. The summed E-state index contributed by atoms with van der Waals surface area (Å²) < 4.78 is 0. The van der Waals surface area contributed by atoms with Crippen LogP contribution in [0.15, 0.2) is 24.3 Å². The van der Waals surface area contributed by atoms with Crippen molar-refractivity contribution in [1.29, 1.82) is 0 Å². The molecule has 0 spiro atoms. The zero-order chi connectivity index (χ0) is 19.5. The Morgan fingerprint density at radius 3 is 2.29 bits per heavy atom. The van der Waals surface area contributed by atoms with Gasteiger partial charge in [-0.1, -0.05) is 25.0 Å². The lowest BCUT2D eigenvalue weighted by molar-refractivity contribution is -0.158. The maximum absolute atomic E-state index is 12.8. The fourth-order valence-corrected chi connectivity index (χ4v) is 4.59. The van der Waals surface area contributed by atoms with E-state index in [1.807, 2.05) is 29.2 Å². The minimum atomic E-state index is -0.279. The molecule has 3 saturated heterocycles. The van der Waals surface area contributed by atoms with Crippen LogP contribution in [0.3, 0.4) is 0 Å². The molecule has 1 aromatic carbocycles. The van der Waals surface area contributed by atoms with Crippen LogP contribution in [0.2, 0.25) is 0 Å². The van der Waals surface area contributed by atoms with Gasteiger partial charge in [-0.05, 0) is 49.8 Å². The molecule has 1 aromatic rings. The molecular formula is C22H29N3O3. The van der Waals surface area contributed by atoms with Crippen LogP contribution in [0.4, 0.5) is 0 Å². The molecule has 3 amide bonds. The van der Waals surface area contributed by atoms with Gasteiger partial charge >= 0.3 is 0 Å². The monoisotopic (exact) mass is 383 g/mol. The van der Waals surface area contributed by atoms with Gasteiger partial charge in [0.15, 0.2) is 0 Å². The number of hydrogen-bond donors (Lipinski definition) is 0. The second-order valence-electron chi connectivity index (χ2n) is 8.20. The van der Waals surface area contributed by atoms with Gasteiger partial charge in [-0.3, -0.25) is 14.4 Å². The van der Waals surface area contributed by atoms with Gasteiger partial charge in [-0.2, -0.15) is 0 Å². The molecule has 0 saturated carbocycles. The standard InChI is InChI=1S/C22H29N3O3/c26-20-16-24(22(28)19-7-3-6-14-25(19)20)15-17-8-10-18(11-9-17)21(27)23-12-4-1-2-5-13-23/h8-11,19H,1-7,12-16H2/t19-/m0/s1. The minimum absolute atomic E-state index is 0.0530. The van der Waals surface area contributed by atoms with Gasteiger partial charge in [0.2, 0.25) is 11.8 Å². The van der Waals surface area contributed by atoms with Crippen molar-refractivity contribution in [3.05, 3.63) is 35.4 Å². The van der Waals surface area contributed by atoms with Crippen molar-refractivity contribution in [2.45, 2.75) is 57.5 Å². The molecular weight excluding hydrogens is 354 g/mol. The van der Waals surface area contributed by atoms with Gasteiger partial charge in [0.25, 0.3) is 5.91 Å². The lowest BCUT2D eigenvalue weighted by atomic mass is 9.98. The summed E-state index contributed by atoms with van der Waals surface area (Å²) in [5.41, 5.74) is 1.66. The van der Waals surface area contributed by atoms with Crippen molar-refractivity contribution in [3.8, 4) is 0 Å². The van der Waals surface area contributed by atoms with Crippen LogP contribution in [0.5, 0.6) is 0 Å². The summed E-state index contributed by atoms with van der Waals surface area (Å²) in [6.07, 6.45) is 7.31. The van der Waals surface area contributed by atoms with E-state index in [0.29, 0.717) is 18.7 Å². The molecule has 0 aromatic heterocycles. The molecule has 28 heavy (non-hydrogen) atoms. The summed E-state index contributed by atoms with van der Waals surface area (Å²) in [4.78, 5) is 43.3. The summed E-state index contributed by atoms with van der Waals surface area (Å²) in [5.74, 6) is 0.205. The van der Waals surface area contributed by atoms with Gasteiger partial charge < -0.3 is 14.7 Å². The molecule has 0 aliphatic carbocycles. The summed E-state index contributed by atoms with van der Waals surface area (Å²) >= 11 is 0.